The van der Waals surface area contributed by atoms with Crippen molar-refractivity contribution in [1.29, 1.82) is 0 Å². The smallest absolute Gasteiger partial charge is 0.231 e. The van der Waals surface area contributed by atoms with E-state index in [1.165, 1.54) is 4.88 Å². The third-order valence-electron chi connectivity index (χ3n) is 3.48. The quantitative estimate of drug-likeness (QED) is 0.811. The van der Waals surface area contributed by atoms with E-state index in [1.807, 2.05) is 18.0 Å². The van der Waals surface area contributed by atoms with E-state index in [0.29, 0.717) is 11.9 Å². The summed E-state index contributed by atoms with van der Waals surface area (Å²) in [4.78, 5) is 18.4. The van der Waals surface area contributed by atoms with Gasteiger partial charge in [-0.15, -0.1) is 11.3 Å². The van der Waals surface area contributed by atoms with E-state index in [4.69, 9.17) is 11.6 Å². The molecule has 0 aliphatic heterocycles. The first-order chi connectivity index (χ1) is 10.1. The Balaban J connectivity index is 2.30. The molecule has 0 aromatic carbocycles. The van der Waals surface area contributed by atoms with Gasteiger partial charge in [0.25, 0.3) is 0 Å². The van der Waals surface area contributed by atoms with Gasteiger partial charge in [-0.05, 0) is 43.8 Å². The molecule has 0 amide bonds. The minimum atomic E-state index is 0.188. The lowest BCUT2D eigenvalue weighted by Gasteiger charge is -2.25. The average molecular weight is 326 g/mol. The molecule has 0 aliphatic carbocycles. The number of thiophene rings is 1. The van der Waals surface area contributed by atoms with Crippen molar-refractivity contribution in [2.24, 2.45) is 0 Å². The lowest BCUT2D eigenvalue weighted by atomic mass is 10.2. The molecule has 2 heterocycles. The maximum absolute atomic E-state index is 6.07. The number of aromatic nitrogens is 3. The standard InChI is InChI=1S/C14H20ClN5S/c1-5-20(6-2)14-17-12(15)16-13(18-14)19(4)10(3)11-8-7-9-21-11/h7-10H,5-6H2,1-4H3. The fourth-order valence-electron chi connectivity index (χ4n) is 2.03. The Hall–Kier alpha value is -1.40. The molecule has 2 aromatic rings. The normalized spacial score (nSPS) is 12.2. The Bertz CT molecular complexity index is 571. The number of anilines is 2. The highest BCUT2D eigenvalue weighted by molar-refractivity contribution is 7.10. The Morgan fingerprint density at radius 3 is 2.43 bits per heavy atom. The highest BCUT2D eigenvalue weighted by Gasteiger charge is 2.18. The molecule has 1 unspecified atom stereocenters. The minimum absolute atomic E-state index is 0.188. The van der Waals surface area contributed by atoms with E-state index in [-0.39, 0.29) is 11.3 Å². The second-order valence-corrected chi connectivity index (χ2v) is 6.00. The van der Waals surface area contributed by atoms with Crippen LogP contribution < -0.4 is 9.80 Å². The summed E-state index contributed by atoms with van der Waals surface area (Å²) in [5.74, 6) is 1.22. The van der Waals surface area contributed by atoms with Crippen LogP contribution in [0.3, 0.4) is 0 Å². The van der Waals surface area contributed by atoms with Gasteiger partial charge in [-0.1, -0.05) is 6.07 Å². The fraction of sp³-hybridized carbons (Fsp3) is 0.500. The molecule has 0 aliphatic rings. The van der Waals surface area contributed by atoms with E-state index < -0.39 is 0 Å². The number of nitrogens with zero attached hydrogens (tertiary/aromatic N) is 5. The Labute approximate surface area is 134 Å². The summed E-state index contributed by atoms with van der Waals surface area (Å²) in [6.07, 6.45) is 0. The Kier molecular flexibility index (Phi) is 5.36. The summed E-state index contributed by atoms with van der Waals surface area (Å²) in [5.41, 5.74) is 0. The van der Waals surface area contributed by atoms with Gasteiger partial charge in [0.15, 0.2) is 0 Å². The van der Waals surface area contributed by atoms with Crippen LogP contribution >= 0.6 is 22.9 Å². The van der Waals surface area contributed by atoms with Crippen molar-refractivity contribution in [3.05, 3.63) is 27.7 Å². The van der Waals surface area contributed by atoms with Crippen molar-refractivity contribution < 1.29 is 0 Å². The largest absolute Gasteiger partial charge is 0.341 e. The van der Waals surface area contributed by atoms with Crippen molar-refractivity contribution >= 4 is 34.8 Å². The molecule has 0 fully saturated rings. The Morgan fingerprint density at radius 1 is 1.19 bits per heavy atom. The van der Waals surface area contributed by atoms with Gasteiger partial charge in [0, 0.05) is 25.0 Å². The van der Waals surface area contributed by atoms with Gasteiger partial charge in [-0.25, -0.2) is 0 Å². The van der Waals surface area contributed by atoms with Crippen LogP contribution in [-0.4, -0.2) is 35.1 Å². The van der Waals surface area contributed by atoms with Gasteiger partial charge in [0.1, 0.15) is 0 Å². The molecular weight excluding hydrogens is 306 g/mol. The van der Waals surface area contributed by atoms with Crippen LogP contribution in [0.5, 0.6) is 0 Å². The predicted molar refractivity (Wildman–Crippen MR) is 89.5 cm³/mol. The van der Waals surface area contributed by atoms with Crippen molar-refractivity contribution in [2.45, 2.75) is 26.8 Å². The van der Waals surface area contributed by atoms with E-state index >= 15 is 0 Å². The molecule has 0 radical (unpaired) electrons. The fourth-order valence-corrected chi connectivity index (χ4v) is 3.01. The molecule has 114 valence electrons. The zero-order valence-electron chi connectivity index (χ0n) is 12.7. The molecule has 21 heavy (non-hydrogen) atoms. The summed E-state index contributed by atoms with van der Waals surface area (Å²) >= 11 is 7.79. The highest BCUT2D eigenvalue weighted by atomic mass is 35.5. The number of hydrogen-bond acceptors (Lipinski definition) is 6. The topological polar surface area (TPSA) is 45.2 Å². The van der Waals surface area contributed by atoms with Gasteiger partial charge in [-0.3, -0.25) is 0 Å². The molecule has 2 aromatic heterocycles. The summed E-state index contributed by atoms with van der Waals surface area (Å²) in [7, 11) is 1.97. The molecule has 5 nitrogen and oxygen atoms in total. The monoisotopic (exact) mass is 325 g/mol. The number of hydrogen-bond donors (Lipinski definition) is 0. The first-order valence-corrected chi connectivity index (χ1v) is 8.25. The van der Waals surface area contributed by atoms with Gasteiger partial charge in [0.05, 0.1) is 6.04 Å². The molecule has 0 N–H and O–H groups in total. The van der Waals surface area contributed by atoms with Crippen LogP contribution in [0.15, 0.2) is 17.5 Å². The zero-order chi connectivity index (χ0) is 15.4. The van der Waals surface area contributed by atoms with E-state index in [9.17, 15) is 0 Å². The first kappa shape index (κ1) is 16.0. The predicted octanol–water partition coefficient (Wildman–Crippen LogP) is 3.63. The molecule has 2 rings (SSSR count). The first-order valence-electron chi connectivity index (χ1n) is 6.99. The number of rotatable bonds is 6. The second-order valence-electron chi connectivity index (χ2n) is 4.68. The minimum Gasteiger partial charge on any atom is -0.341 e. The molecule has 1 atom stereocenters. The van der Waals surface area contributed by atoms with Gasteiger partial charge in [-0.2, -0.15) is 15.0 Å². The number of halogens is 1. The SMILES string of the molecule is CCN(CC)c1nc(Cl)nc(N(C)C(C)c2cccs2)n1. The van der Waals surface area contributed by atoms with E-state index in [2.05, 4.69) is 52.1 Å². The summed E-state index contributed by atoms with van der Waals surface area (Å²) in [6.45, 7) is 7.93. The van der Waals surface area contributed by atoms with Crippen LogP contribution in [0.2, 0.25) is 5.28 Å². The van der Waals surface area contributed by atoms with Crippen LogP contribution in [0.25, 0.3) is 0 Å². The molecule has 0 saturated heterocycles. The van der Waals surface area contributed by atoms with Gasteiger partial charge in [0.2, 0.25) is 17.2 Å². The zero-order valence-corrected chi connectivity index (χ0v) is 14.3. The van der Waals surface area contributed by atoms with Crippen molar-refractivity contribution in [1.82, 2.24) is 15.0 Å². The maximum Gasteiger partial charge on any atom is 0.231 e. The van der Waals surface area contributed by atoms with E-state index in [0.717, 1.165) is 13.1 Å². The van der Waals surface area contributed by atoms with E-state index in [1.54, 1.807) is 11.3 Å². The molecule has 7 heteroatoms. The third kappa shape index (κ3) is 3.63. The maximum atomic E-state index is 6.07. The van der Waals surface area contributed by atoms with Crippen LogP contribution in [-0.2, 0) is 0 Å². The molecule has 0 saturated carbocycles. The van der Waals surface area contributed by atoms with Crippen LogP contribution in [0.4, 0.5) is 11.9 Å². The molecule has 0 spiro atoms. The average Bonchev–Trinajstić information content (AvgIpc) is 3.00. The summed E-state index contributed by atoms with van der Waals surface area (Å²) < 4.78 is 0. The van der Waals surface area contributed by atoms with Crippen molar-refractivity contribution in [3.63, 3.8) is 0 Å². The second kappa shape index (κ2) is 7.04. The summed E-state index contributed by atoms with van der Waals surface area (Å²) in [5, 5.41) is 2.30. The van der Waals surface area contributed by atoms with Gasteiger partial charge >= 0.3 is 0 Å². The van der Waals surface area contributed by atoms with Crippen LogP contribution in [0.1, 0.15) is 31.7 Å². The third-order valence-corrected chi connectivity index (χ3v) is 4.69. The summed E-state index contributed by atoms with van der Waals surface area (Å²) in [6, 6.07) is 4.35. The lowest BCUT2D eigenvalue weighted by molar-refractivity contribution is 0.716. The van der Waals surface area contributed by atoms with Crippen molar-refractivity contribution in [3.8, 4) is 0 Å². The molecular formula is C14H20ClN5S. The molecule has 0 bridgehead atoms. The van der Waals surface area contributed by atoms with Gasteiger partial charge < -0.3 is 9.80 Å². The highest BCUT2D eigenvalue weighted by Crippen LogP contribution is 2.27. The lowest BCUT2D eigenvalue weighted by Crippen LogP contribution is -2.28. The Morgan fingerprint density at radius 2 is 1.86 bits per heavy atom. The van der Waals surface area contributed by atoms with Crippen molar-refractivity contribution in [2.75, 3.05) is 29.9 Å². The van der Waals surface area contributed by atoms with Crippen LogP contribution in [0, 0.1) is 0 Å².